The number of rotatable bonds is 5. The third-order valence-electron chi connectivity index (χ3n) is 4.52. The van der Waals surface area contributed by atoms with E-state index >= 15 is 0 Å². The molecule has 0 aliphatic carbocycles. The number of anilines is 3. The van der Waals surface area contributed by atoms with Gasteiger partial charge >= 0.3 is 0 Å². The zero-order chi connectivity index (χ0) is 18.6. The van der Waals surface area contributed by atoms with Crippen molar-refractivity contribution >= 4 is 17.4 Å². The lowest BCUT2D eigenvalue weighted by molar-refractivity contribution is 0.415. The number of benzene rings is 2. The summed E-state index contributed by atoms with van der Waals surface area (Å²) in [6.07, 6.45) is 1.63. The van der Waals surface area contributed by atoms with Gasteiger partial charge in [0.05, 0.1) is 19.0 Å². The van der Waals surface area contributed by atoms with Gasteiger partial charge in [0, 0.05) is 37.4 Å². The van der Waals surface area contributed by atoms with Crippen molar-refractivity contribution in [3.63, 3.8) is 0 Å². The molecule has 3 aromatic rings. The quantitative estimate of drug-likeness (QED) is 0.717. The molecule has 0 amide bonds. The fraction of sp³-hybridized carbons (Fsp3) is 0.250. The largest absolute Gasteiger partial charge is 0.497 e. The Morgan fingerprint density at radius 1 is 1.19 bits per heavy atom. The Hall–Kier alpha value is -3.06. The summed E-state index contributed by atoms with van der Waals surface area (Å²) in [5.74, 6) is 1.08. The molecule has 0 radical (unpaired) electrons. The van der Waals surface area contributed by atoms with Gasteiger partial charge in [0.1, 0.15) is 11.6 Å². The lowest BCUT2D eigenvalue weighted by Crippen LogP contribution is -2.43. The van der Waals surface area contributed by atoms with E-state index in [0.29, 0.717) is 23.1 Å². The zero-order valence-corrected chi connectivity index (χ0v) is 15.0. The Morgan fingerprint density at radius 3 is 2.81 bits per heavy atom. The number of methoxy groups -OCH3 is 1. The Labute approximate surface area is 157 Å². The Balaban J connectivity index is 1.49. The van der Waals surface area contributed by atoms with E-state index in [1.54, 1.807) is 19.4 Å². The molecule has 1 fully saturated rings. The lowest BCUT2D eigenvalue weighted by atomic mass is 10.2. The summed E-state index contributed by atoms with van der Waals surface area (Å²) in [5.41, 5.74) is 2.06. The van der Waals surface area contributed by atoms with Gasteiger partial charge in [-0.05, 0) is 30.3 Å². The SMILES string of the molecule is COc1cccc(-c2cnc(Nc3ccc(N4CCNCC4)c(F)c3)o2)c1. The number of aromatic nitrogens is 1. The van der Waals surface area contributed by atoms with Crippen LogP contribution in [0.2, 0.25) is 0 Å². The fourth-order valence-electron chi connectivity index (χ4n) is 3.11. The maximum absolute atomic E-state index is 14.5. The molecule has 27 heavy (non-hydrogen) atoms. The summed E-state index contributed by atoms with van der Waals surface area (Å²) in [6.45, 7) is 3.33. The molecule has 0 bridgehead atoms. The molecule has 4 rings (SSSR count). The molecule has 1 aromatic heterocycles. The van der Waals surface area contributed by atoms with E-state index in [2.05, 4.69) is 15.6 Å². The Bertz CT molecular complexity index is 922. The highest BCUT2D eigenvalue weighted by molar-refractivity contribution is 5.63. The number of piperazine rings is 1. The smallest absolute Gasteiger partial charge is 0.299 e. The number of nitrogens with zero attached hydrogens (tertiary/aromatic N) is 2. The van der Waals surface area contributed by atoms with Gasteiger partial charge in [-0.2, -0.15) is 0 Å². The summed E-state index contributed by atoms with van der Waals surface area (Å²) >= 11 is 0. The first kappa shape index (κ1) is 17.4. The molecule has 0 saturated carbocycles. The molecule has 140 valence electrons. The molecule has 1 aliphatic heterocycles. The fourth-order valence-corrected chi connectivity index (χ4v) is 3.11. The number of ether oxygens (including phenoxy) is 1. The van der Waals surface area contributed by atoms with Gasteiger partial charge in [-0.1, -0.05) is 12.1 Å². The van der Waals surface area contributed by atoms with Crippen LogP contribution in [0, 0.1) is 5.82 Å². The topological polar surface area (TPSA) is 62.6 Å². The van der Waals surface area contributed by atoms with Crippen molar-refractivity contribution in [1.82, 2.24) is 10.3 Å². The number of nitrogens with one attached hydrogen (secondary N) is 2. The molecule has 1 aliphatic rings. The molecule has 0 unspecified atom stereocenters. The van der Waals surface area contributed by atoms with Crippen LogP contribution in [0.25, 0.3) is 11.3 Å². The Morgan fingerprint density at radius 2 is 2.04 bits per heavy atom. The zero-order valence-electron chi connectivity index (χ0n) is 15.0. The first-order chi connectivity index (χ1) is 13.2. The number of oxazole rings is 1. The van der Waals surface area contributed by atoms with E-state index in [-0.39, 0.29) is 5.82 Å². The van der Waals surface area contributed by atoms with Crippen LogP contribution in [0.5, 0.6) is 5.75 Å². The monoisotopic (exact) mass is 368 g/mol. The minimum Gasteiger partial charge on any atom is -0.497 e. The first-order valence-electron chi connectivity index (χ1n) is 8.85. The van der Waals surface area contributed by atoms with Crippen molar-refractivity contribution in [1.29, 1.82) is 0 Å². The van der Waals surface area contributed by atoms with Crippen LogP contribution in [0.3, 0.4) is 0 Å². The van der Waals surface area contributed by atoms with E-state index in [9.17, 15) is 4.39 Å². The summed E-state index contributed by atoms with van der Waals surface area (Å²) < 4.78 is 25.5. The number of hydrogen-bond donors (Lipinski definition) is 2. The van der Waals surface area contributed by atoms with Crippen molar-refractivity contribution in [2.75, 3.05) is 43.5 Å². The van der Waals surface area contributed by atoms with E-state index < -0.39 is 0 Å². The standard InChI is InChI=1S/C20H21FN4O2/c1-26-16-4-2-3-14(11-16)19-13-23-20(27-19)24-15-5-6-18(17(21)12-15)25-9-7-22-8-10-25/h2-6,11-13,22H,7-10H2,1H3,(H,23,24). The average molecular weight is 368 g/mol. The third kappa shape index (κ3) is 3.88. The molecule has 7 heteroatoms. The highest BCUT2D eigenvalue weighted by Crippen LogP contribution is 2.29. The summed E-state index contributed by atoms with van der Waals surface area (Å²) in [4.78, 5) is 6.27. The third-order valence-corrected chi connectivity index (χ3v) is 4.52. The van der Waals surface area contributed by atoms with Gasteiger partial charge in [0.2, 0.25) is 0 Å². The maximum atomic E-state index is 14.5. The van der Waals surface area contributed by atoms with Crippen LogP contribution in [0.15, 0.2) is 53.1 Å². The first-order valence-corrected chi connectivity index (χ1v) is 8.85. The van der Waals surface area contributed by atoms with Gasteiger partial charge < -0.3 is 24.7 Å². The highest BCUT2D eigenvalue weighted by atomic mass is 19.1. The summed E-state index contributed by atoms with van der Waals surface area (Å²) in [7, 11) is 1.62. The van der Waals surface area contributed by atoms with Crippen LogP contribution < -0.4 is 20.3 Å². The van der Waals surface area contributed by atoms with Crippen molar-refractivity contribution in [3.8, 4) is 17.1 Å². The Kier molecular flexibility index (Phi) is 4.93. The molecular formula is C20H21FN4O2. The summed E-state index contributed by atoms with van der Waals surface area (Å²) in [5, 5.41) is 6.28. The van der Waals surface area contributed by atoms with Crippen LogP contribution in [0.4, 0.5) is 21.8 Å². The van der Waals surface area contributed by atoms with Crippen molar-refractivity contribution in [2.24, 2.45) is 0 Å². The predicted octanol–water partition coefficient (Wildman–Crippen LogP) is 3.64. The highest BCUT2D eigenvalue weighted by Gasteiger charge is 2.15. The van der Waals surface area contributed by atoms with Crippen molar-refractivity contribution in [3.05, 3.63) is 54.5 Å². The molecule has 1 saturated heterocycles. The van der Waals surface area contributed by atoms with Crippen LogP contribution in [-0.2, 0) is 0 Å². The second-order valence-electron chi connectivity index (χ2n) is 6.29. The number of halogens is 1. The van der Waals surface area contributed by atoms with Crippen LogP contribution in [-0.4, -0.2) is 38.3 Å². The maximum Gasteiger partial charge on any atom is 0.299 e. The number of hydrogen-bond acceptors (Lipinski definition) is 6. The molecule has 2 heterocycles. The second-order valence-corrected chi connectivity index (χ2v) is 6.29. The molecule has 0 atom stereocenters. The van der Waals surface area contributed by atoms with E-state index in [4.69, 9.17) is 9.15 Å². The molecule has 2 N–H and O–H groups in total. The molecule has 2 aromatic carbocycles. The minimum absolute atomic E-state index is 0.263. The average Bonchev–Trinajstić information content (AvgIpc) is 3.17. The van der Waals surface area contributed by atoms with Crippen LogP contribution in [0.1, 0.15) is 0 Å². The van der Waals surface area contributed by atoms with Gasteiger partial charge in [0.25, 0.3) is 6.01 Å². The second kappa shape index (κ2) is 7.67. The molecular weight excluding hydrogens is 347 g/mol. The van der Waals surface area contributed by atoms with Crippen LogP contribution >= 0.6 is 0 Å². The summed E-state index contributed by atoms with van der Waals surface area (Å²) in [6, 6.07) is 12.9. The van der Waals surface area contributed by atoms with Gasteiger partial charge in [0.15, 0.2) is 5.76 Å². The van der Waals surface area contributed by atoms with E-state index in [1.807, 2.05) is 35.2 Å². The predicted molar refractivity (Wildman–Crippen MR) is 103 cm³/mol. The van der Waals surface area contributed by atoms with Gasteiger partial charge in [-0.3, -0.25) is 0 Å². The van der Waals surface area contributed by atoms with Gasteiger partial charge in [-0.15, -0.1) is 0 Å². The van der Waals surface area contributed by atoms with Gasteiger partial charge in [-0.25, -0.2) is 9.37 Å². The van der Waals surface area contributed by atoms with E-state index in [0.717, 1.165) is 37.5 Å². The lowest BCUT2D eigenvalue weighted by Gasteiger charge is -2.29. The minimum atomic E-state index is -0.263. The molecule has 6 nitrogen and oxygen atoms in total. The normalized spacial score (nSPS) is 14.2. The molecule has 0 spiro atoms. The van der Waals surface area contributed by atoms with Crippen molar-refractivity contribution in [2.45, 2.75) is 0 Å². The van der Waals surface area contributed by atoms with Crippen molar-refractivity contribution < 1.29 is 13.5 Å². The van der Waals surface area contributed by atoms with E-state index in [1.165, 1.54) is 6.07 Å².